The summed E-state index contributed by atoms with van der Waals surface area (Å²) in [6, 6.07) is 1.09. The minimum Gasteiger partial charge on any atom is -0.362 e. The van der Waals surface area contributed by atoms with Crippen LogP contribution in [0, 0.1) is 18.6 Å². The number of hydrogen-bond donors (Lipinski definition) is 1. The quantitative estimate of drug-likeness (QED) is 0.466. The Kier molecular flexibility index (Phi) is 5.77. The summed E-state index contributed by atoms with van der Waals surface area (Å²) >= 11 is 2.58. The van der Waals surface area contributed by atoms with Gasteiger partial charge in [-0.15, -0.1) is 27.8 Å². The van der Waals surface area contributed by atoms with Gasteiger partial charge in [-0.3, -0.25) is 9.89 Å². The third kappa shape index (κ3) is 4.05. The molecule has 162 valence electrons. The lowest BCUT2D eigenvalue weighted by Gasteiger charge is -2.16. The molecule has 0 radical (unpaired) electrons. The molecule has 4 aromatic rings. The third-order valence-electron chi connectivity index (χ3n) is 4.56. The van der Waals surface area contributed by atoms with Gasteiger partial charge in [-0.05, 0) is 19.9 Å². The zero-order valence-corrected chi connectivity index (χ0v) is 18.7. The molecule has 1 aromatic carbocycles. The maximum atomic E-state index is 14.8. The normalized spacial score (nSPS) is 12.5. The summed E-state index contributed by atoms with van der Waals surface area (Å²) in [6.45, 7) is 3.71. The number of aryl methyl sites for hydroxylation is 1. The van der Waals surface area contributed by atoms with Crippen LogP contribution >= 0.6 is 22.7 Å². The number of ether oxygens (including phenoxy) is 1. The Bertz CT molecular complexity index is 1270. The monoisotopic (exact) mass is 464 g/mol. The van der Waals surface area contributed by atoms with Crippen molar-refractivity contribution in [1.82, 2.24) is 30.3 Å². The Balaban J connectivity index is 1.58. The SMILES string of the molecule is Cc1nc(COC(C)C(=O)N(C)C)sc1-c1csc(-c2cc(F)c3[nH]nnc3c2F)n1. The van der Waals surface area contributed by atoms with Crippen LogP contribution in [0.25, 0.3) is 32.2 Å². The smallest absolute Gasteiger partial charge is 0.250 e. The number of H-pyrrole nitrogens is 1. The molecule has 3 heterocycles. The molecule has 1 unspecified atom stereocenters. The minimum absolute atomic E-state index is 0.0249. The van der Waals surface area contributed by atoms with E-state index in [0.29, 0.717) is 15.7 Å². The van der Waals surface area contributed by atoms with E-state index in [1.807, 2.05) is 6.92 Å². The van der Waals surface area contributed by atoms with Gasteiger partial charge in [0.1, 0.15) is 21.6 Å². The molecule has 0 bridgehead atoms. The summed E-state index contributed by atoms with van der Waals surface area (Å²) in [6.07, 6.45) is -0.585. The Labute approximate surface area is 183 Å². The summed E-state index contributed by atoms with van der Waals surface area (Å²) in [5.41, 5.74) is 1.13. The van der Waals surface area contributed by atoms with Gasteiger partial charge in [0.2, 0.25) is 0 Å². The number of halogens is 2. The van der Waals surface area contributed by atoms with E-state index in [1.54, 1.807) is 26.4 Å². The minimum atomic E-state index is -0.680. The Hall–Kier alpha value is -2.83. The van der Waals surface area contributed by atoms with Gasteiger partial charge >= 0.3 is 0 Å². The second kappa shape index (κ2) is 8.36. The van der Waals surface area contributed by atoms with Crippen molar-refractivity contribution >= 4 is 39.6 Å². The standard InChI is InChI=1S/C19H18F2N6O2S2/c1-8-17(31-13(22-8)6-29-9(2)19(28)27(3)4)12-7-30-18(23-12)10-5-11(20)15-16(14(10)21)25-26-24-15/h5,7,9H,6H2,1-4H3,(H,24,25,26). The molecule has 0 spiro atoms. The van der Waals surface area contributed by atoms with Crippen molar-refractivity contribution in [3.63, 3.8) is 0 Å². The van der Waals surface area contributed by atoms with Crippen LogP contribution in [0.1, 0.15) is 17.6 Å². The van der Waals surface area contributed by atoms with Gasteiger partial charge in [0, 0.05) is 19.5 Å². The molecule has 0 saturated heterocycles. The molecule has 31 heavy (non-hydrogen) atoms. The van der Waals surface area contributed by atoms with Gasteiger partial charge in [0.25, 0.3) is 5.91 Å². The van der Waals surface area contributed by atoms with E-state index in [2.05, 4.69) is 25.4 Å². The highest BCUT2D eigenvalue weighted by atomic mass is 32.1. The van der Waals surface area contributed by atoms with Crippen LogP contribution in [0.15, 0.2) is 11.4 Å². The molecule has 12 heteroatoms. The lowest BCUT2D eigenvalue weighted by molar-refractivity contribution is -0.140. The van der Waals surface area contributed by atoms with Crippen LogP contribution in [0.3, 0.4) is 0 Å². The molecule has 1 N–H and O–H groups in total. The number of carbonyl (C=O) groups is 1. The predicted octanol–water partition coefficient (Wildman–Crippen LogP) is 3.78. The highest BCUT2D eigenvalue weighted by Gasteiger charge is 2.21. The number of nitrogens with zero attached hydrogens (tertiary/aromatic N) is 5. The number of benzene rings is 1. The predicted molar refractivity (Wildman–Crippen MR) is 114 cm³/mol. The molecule has 0 fully saturated rings. The van der Waals surface area contributed by atoms with Crippen molar-refractivity contribution in [2.45, 2.75) is 26.6 Å². The topological polar surface area (TPSA) is 96.9 Å². The summed E-state index contributed by atoms with van der Waals surface area (Å²) < 4.78 is 34.7. The Morgan fingerprint density at radius 3 is 2.84 bits per heavy atom. The third-order valence-corrected chi connectivity index (χ3v) is 6.59. The Morgan fingerprint density at radius 2 is 2.10 bits per heavy atom. The number of nitrogens with one attached hydrogen (secondary N) is 1. The Morgan fingerprint density at radius 1 is 1.32 bits per heavy atom. The van der Waals surface area contributed by atoms with Crippen molar-refractivity contribution in [2.75, 3.05) is 14.1 Å². The number of fused-ring (bicyclic) bond motifs is 1. The molecule has 1 atom stereocenters. The number of aromatic amines is 1. The number of aromatic nitrogens is 5. The zero-order chi connectivity index (χ0) is 22.3. The first-order valence-corrected chi connectivity index (χ1v) is 10.9. The van der Waals surface area contributed by atoms with Crippen LogP contribution in [0.5, 0.6) is 0 Å². The maximum absolute atomic E-state index is 14.8. The van der Waals surface area contributed by atoms with Crippen LogP contribution in [-0.4, -0.2) is 56.4 Å². The van der Waals surface area contributed by atoms with Crippen LogP contribution in [0.4, 0.5) is 8.78 Å². The molecule has 1 amide bonds. The lowest BCUT2D eigenvalue weighted by atomic mass is 10.2. The first-order chi connectivity index (χ1) is 14.8. The molecule has 0 aliphatic carbocycles. The van der Waals surface area contributed by atoms with Gasteiger partial charge in [-0.1, -0.05) is 5.21 Å². The first kappa shape index (κ1) is 21.4. The van der Waals surface area contributed by atoms with Crippen LogP contribution < -0.4 is 0 Å². The summed E-state index contributed by atoms with van der Waals surface area (Å²) in [7, 11) is 3.34. The highest BCUT2D eigenvalue weighted by molar-refractivity contribution is 7.16. The number of carbonyl (C=O) groups excluding carboxylic acids is 1. The van der Waals surface area contributed by atoms with E-state index in [0.717, 1.165) is 16.6 Å². The summed E-state index contributed by atoms with van der Waals surface area (Å²) in [5, 5.41) is 12.2. The second-order valence-electron chi connectivity index (χ2n) is 7.00. The van der Waals surface area contributed by atoms with E-state index in [1.165, 1.54) is 27.6 Å². The maximum Gasteiger partial charge on any atom is 0.250 e. The molecular formula is C19H18F2N6O2S2. The average molecular weight is 465 g/mol. The van der Waals surface area contributed by atoms with Gasteiger partial charge < -0.3 is 9.64 Å². The fourth-order valence-corrected chi connectivity index (χ4v) is 4.82. The van der Waals surface area contributed by atoms with Gasteiger partial charge in [0.05, 0.1) is 28.4 Å². The van der Waals surface area contributed by atoms with Gasteiger partial charge in [0.15, 0.2) is 17.2 Å². The van der Waals surface area contributed by atoms with Crippen molar-refractivity contribution < 1.29 is 18.3 Å². The number of hydrogen-bond acceptors (Lipinski definition) is 8. The fourth-order valence-electron chi connectivity index (χ4n) is 2.98. The van der Waals surface area contributed by atoms with E-state index in [-0.39, 0.29) is 29.1 Å². The molecule has 0 aliphatic rings. The van der Waals surface area contributed by atoms with Crippen molar-refractivity contribution in [2.24, 2.45) is 0 Å². The number of likely N-dealkylation sites (N-methyl/N-ethyl adjacent to an activating group) is 1. The van der Waals surface area contributed by atoms with E-state index in [4.69, 9.17) is 4.74 Å². The molecule has 0 aliphatic heterocycles. The molecule has 0 saturated carbocycles. The van der Waals surface area contributed by atoms with Crippen molar-refractivity contribution in [3.8, 4) is 21.1 Å². The largest absolute Gasteiger partial charge is 0.362 e. The molecule has 8 nitrogen and oxygen atoms in total. The van der Waals surface area contributed by atoms with Gasteiger partial charge in [-0.25, -0.2) is 18.7 Å². The summed E-state index contributed by atoms with van der Waals surface area (Å²) in [5.74, 6) is -1.46. The summed E-state index contributed by atoms with van der Waals surface area (Å²) in [4.78, 5) is 23.2. The molecule has 4 rings (SSSR count). The van der Waals surface area contributed by atoms with Crippen molar-refractivity contribution in [3.05, 3.63) is 33.8 Å². The van der Waals surface area contributed by atoms with E-state index in [9.17, 15) is 13.6 Å². The zero-order valence-electron chi connectivity index (χ0n) is 17.1. The first-order valence-electron chi connectivity index (χ1n) is 9.20. The van der Waals surface area contributed by atoms with Crippen LogP contribution in [0.2, 0.25) is 0 Å². The fraction of sp³-hybridized carbons (Fsp3) is 0.316. The molecular weight excluding hydrogens is 446 g/mol. The van der Waals surface area contributed by atoms with Crippen molar-refractivity contribution in [1.29, 1.82) is 0 Å². The lowest BCUT2D eigenvalue weighted by Crippen LogP contribution is -2.33. The van der Waals surface area contributed by atoms with E-state index >= 15 is 0 Å². The molecule has 3 aromatic heterocycles. The highest BCUT2D eigenvalue weighted by Crippen LogP contribution is 2.36. The number of amides is 1. The average Bonchev–Trinajstić information content (AvgIpc) is 3.47. The number of thiazole rings is 2. The van der Waals surface area contributed by atoms with Gasteiger partial charge in [-0.2, -0.15) is 0 Å². The van der Waals surface area contributed by atoms with E-state index < -0.39 is 17.7 Å². The number of rotatable bonds is 6. The second-order valence-corrected chi connectivity index (χ2v) is 8.94. The van der Waals surface area contributed by atoms with Crippen LogP contribution in [-0.2, 0) is 16.1 Å².